The first-order valence-corrected chi connectivity index (χ1v) is 10.2. The topological polar surface area (TPSA) is 38.7 Å². The Morgan fingerprint density at radius 3 is 2.68 bits per heavy atom. The minimum Gasteiger partial charge on any atom is -0.399 e. The number of fused-ring (bicyclic) bond motifs is 5. The highest BCUT2D eigenvalue weighted by Crippen LogP contribution is 2.66. The fraction of sp³-hybridized carbons (Fsp3) is 0.818. The molecule has 4 aliphatic rings. The molecular weight excluding hydrogens is 310 g/mol. The van der Waals surface area contributed by atoms with Crippen molar-refractivity contribution < 1.29 is 9.63 Å². The van der Waals surface area contributed by atoms with E-state index in [1.54, 1.807) is 7.11 Å². The molecule has 6 unspecified atom stereocenters. The summed E-state index contributed by atoms with van der Waals surface area (Å²) in [6.45, 7) is 7.15. The maximum absolute atomic E-state index is 11.9. The molecule has 0 aliphatic heterocycles. The second kappa shape index (κ2) is 5.96. The van der Waals surface area contributed by atoms with E-state index in [4.69, 9.17) is 4.84 Å². The third-order valence-electron chi connectivity index (χ3n) is 8.70. The van der Waals surface area contributed by atoms with E-state index >= 15 is 0 Å². The fourth-order valence-electron chi connectivity index (χ4n) is 7.45. The van der Waals surface area contributed by atoms with Crippen LogP contribution in [0.5, 0.6) is 0 Å². The van der Waals surface area contributed by atoms with Gasteiger partial charge in [-0.25, -0.2) is 0 Å². The number of oxime groups is 1. The Kier molecular flexibility index (Phi) is 4.12. The minimum absolute atomic E-state index is 0.284. The lowest BCUT2D eigenvalue weighted by molar-refractivity contribution is -0.117. The molecule has 3 nitrogen and oxygen atoms in total. The Balaban J connectivity index is 1.64. The van der Waals surface area contributed by atoms with Gasteiger partial charge in [0.1, 0.15) is 7.11 Å². The molecule has 0 aromatic heterocycles. The first-order valence-electron chi connectivity index (χ1n) is 10.2. The van der Waals surface area contributed by atoms with Gasteiger partial charge in [0.25, 0.3) is 0 Å². The predicted molar refractivity (Wildman–Crippen MR) is 100 cm³/mol. The number of carbonyl (C=O) groups is 1. The quantitative estimate of drug-likeness (QED) is 0.513. The molecule has 138 valence electrons. The smallest absolute Gasteiger partial charge is 0.155 e. The molecule has 25 heavy (non-hydrogen) atoms. The average molecular weight is 344 g/mol. The number of ketones is 1. The lowest BCUT2D eigenvalue weighted by Gasteiger charge is -2.58. The lowest BCUT2D eigenvalue weighted by Crippen LogP contribution is -2.51. The summed E-state index contributed by atoms with van der Waals surface area (Å²) in [5, 5.41) is 4.30. The molecule has 4 rings (SSSR count). The first-order chi connectivity index (χ1) is 11.9. The summed E-state index contributed by atoms with van der Waals surface area (Å²) >= 11 is 0. The first kappa shape index (κ1) is 17.3. The van der Waals surface area contributed by atoms with Crippen molar-refractivity contribution in [3.05, 3.63) is 11.6 Å². The molecule has 0 bridgehead atoms. The van der Waals surface area contributed by atoms with Crippen LogP contribution < -0.4 is 0 Å². The van der Waals surface area contributed by atoms with Gasteiger partial charge in [0.15, 0.2) is 5.78 Å². The summed E-state index contributed by atoms with van der Waals surface area (Å²) < 4.78 is 0. The Bertz CT molecular complexity index is 636. The number of hydrogen-bond donors (Lipinski definition) is 0. The third-order valence-corrected chi connectivity index (χ3v) is 8.70. The maximum Gasteiger partial charge on any atom is 0.155 e. The van der Waals surface area contributed by atoms with Crippen molar-refractivity contribution >= 4 is 11.5 Å². The molecule has 0 N–H and O–H groups in total. The largest absolute Gasteiger partial charge is 0.399 e. The van der Waals surface area contributed by atoms with Crippen LogP contribution in [0.1, 0.15) is 72.1 Å². The van der Waals surface area contributed by atoms with Gasteiger partial charge in [-0.05, 0) is 86.5 Å². The lowest BCUT2D eigenvalue weighted by atomic mass is 9.46. The van der Waals surface area contributed by atoms with Gasteiger partial charge in [0, 0.05) is 12.3 Å². The summed E-state index contributed by atoms with van der Waals surface area (Å²) in [5.74, 6) is 3.36. The van der Waals surface area contributed by atoms with E-state index in [0.717, 1.165) is 37.0 Å². The molecule has 0 spiro atoms. The van der Waals surface area contributed by atoms with Gasteiger partial charge in [-0.15, -0.1) is 0 Å². The van der Waals surface area contributed by atoms with Crippen molar-refractivity contribution in [2.45, 2.75) is 72.1 Å². The molecule has 0 amide bonds. The highest BCUT2D eigenvalue weighted by Gasteiger charge is 2.59. The molecule has 0 saturated heterocycles. The zero-order valence-corrected chi connectivity index (χ0v) is 16.3. The number of hydrogen-bond acceptors (Lipinski definition) is 3. The van der Waals surface area contributed by atoms with Crippen molar-refractivity contribution in [1.82, 2.24) is 0 Å². The van der Waals surface area contributed by atoms with E-state index in [9.17, 15) is 4.79 Å². The predicted octanol–water partition coefficient (Wildman–Crippen LogP) is 5.16. The van der Waals surface area contributed by atoms with Crippen molar-refractivity contribution in [2.75, 3.05) is 7.11 Å². The van der Waals surface area contributed by atoms with E-state index in [0.29, 0.717) is 17.1 Å². The SMILES string of the molecule is CO/N=C(\C)C1CCC2C3CCC4=CC(=O)CCC4(C)C3CCC12C. The van der Waals surface area contributed by atoms with Crippen LogP contribution in [0.15, 0.2) is 16.8 Å². The van der Waals surface area contributed by atoms with Crippen LogP contribution >= 0.6 is 0 Å². The normalized spacial score (nSPS) is 46.8. The van der Waals surface area contributed by atoms with Crippen LogP contribution in [-0.4, -0.2) is 18.6 Å². The van der Waals surface area contributed by atoms with E-state index < -0.39 is 0 Å². The van der Waals surface area contributed by atoms with Crippen LogP contribution in [-0.2, 0) is 9.63 Å². The number of nitrogens with zero attached hydrogens (tertiary/aromatic N) is 1. The zero-order valence-electron chi connectivity index (χ0n) is 16.3. The fourth-order valence-corrected chi connectivity index (χ4v) is 7.45. The molecule has 6 atom stereocenters. The molecule has 3 fully saturated rings. The van der Waals surface area contributed by atoms with Crippen molar-refractivity contribution in [1.29, 1.82) is 0 Å². The van der Waals surface area contributed by atoms with Gasteiger partial charge in [0.2, 0.25) is 0 Å². The summed E-state index contributed by atoms with van der Waals surface area (Å²) in [6.07, 6.45) is 11.5. The van der Waals surface area contributed by atoms with Gasteiger partial charge < -0.3 is 4.84 Å². The third kappa shape index (κ3) is 2.44. The van der Waals surface area contributed by atoms with E-state index in [2.05, 4.69) is 25.9 Å². The van der Waals surface area contributed by atoms with Gasteiger partial charge in [0.05, 0.1) is 5.71 Å². The van der Waals surface area contributed by atoms with E-state index in [1.807, 2.05) is 6.08 Å². The number of rotatable bonds is 2. The highest BCUT2D eigenvalue weighted by atomic mass is 16.6. The summed E-state index contributed by atoms with van der Waals surface area (Å²) in [6, 6.07) is 0. The van der Waals surface area contributed by atoms with Crippen molar-refractivity contribution in [3.63, 3.8) is 0 Å². The summed E-state index contributed by atoms with van der Waals surface area (Å²) in [7, 11) is 1.66. The molecule has 3 saturated carbocycles. The number of allylic oxidation sites excluding steroid dienone is 1. The molecule has 4 aliphatic carbocycles. The van der Waals surface area contributed by atoms with Gasteiger partial charge in [-0.2, -0.15) is 0 Å². The highest BCUT2D eigenvalue weighted by molar-refractivity contribution is 5.91. The second-order valence-corrected chi connectivity index (χ2v) is 9.56. The standard InChI is InChI=1S/C22H33NO2/c1-14(23-25-4)18-7-8-19-17-6-5-15-13-16(24)9-11-21(15,2)20(17)10-12-22(18,19)3/h13,17-20H,5-12H2,1-4H3/b23-14+. The van der Waals surface area contributed by atoms with E-state index in [-0.39, 0.29) is 5.41 Å². The van der Waals surface area contributed by atoms with Gasteiger partial charge in [-0.1, -0.05) is 24.6 Å². The number of carbonyl (C=O) groups excluding carboxylic acids is 1. The van der Waals surface area contributed by atoms with Crippen LogP contribution in [0.2, 0.25) is 0 Å². The summed E-state index contributed by atoms with van der Waals surface area (Å²) in [5.41, 5.74) is 3.33. The Labute approximate surface area is 152 Å². The minimum atomic E-state index is 0.284. The molecule has 0 aromatic carbocycles. The Morgan fingerprint density at radius 1 is 1.12 bits per heavy atom. The van der Waals surface area contributed by atoms with Gasteiger partial charge >= 0.3 is 0 Å². The van der Waals surface area contributed by atoms with E-state index in [1.165, 1.54) is 43.4 Å². The monoisotopic (exact) mass is 343 g/mol. The molecule has 0 heterocycles. The maximum atomic E-state index is 11.9. The zero-order chi connectivity index (χ0) is 17.8. The Morgan fingerprint density at radius 2 is 1.92 bits per heavy atom. The molecular formula is C22H33NO2. The molecule has 0 aromatic rings. The van der Waals surface area contributed by atoms with Crippen LogP contribution in [0.25, 0.3) is 0 Å². The van der Waals surface area contributed by atoms with Crippen LogP contribution in [0, 0.1) is 34.5 Å². The molecule has 3 heteroatoms. The van der Waals surface area contributed by atoms with Crippen molar-refractivity contribution in [3.8, 4) is 0 Å². The average Bonchev–Trinajstić information content (AvgIpc) is 2.93. The van der Waals surface area contributed by atoms with Crippen LogP contribution in [0.4, 0.5) is 0 Å². The second-order valence-electron chi connectivity index (χ2n) is 9.56. The van der Waals surface area contributed by atoms with Crippen molar-refractivity contribution in [2.24, 2.45) is 39.7 Å². The molecule has 0 radical (unpaired) electrons. The van der Waals surface area contributed by atoms with Crippen LogP contribution in [0.3, 0.4) is 0 Å². The Hall–Kier alpha value is -1.12. The summed E-state index contributed by atoms with van der Waals surface area (Å²) in [4.78, 5) is 17.0. The van der Waals surface area contributed by atoms with Gasteiger partial charge in [-0.3, -0.25) is 4.79 Å².